The largest absolute Gasteiger partial charge is 0.423 e. The number of ether oxygens (including phenoxy) is 1. The Morgan fingerprint density at radius 1 is 0.955 bits per heavy atom. The third-order valence-electron chi connectivity index (χ3n) is 2.90. The summed E-state index contributed by atoms with van der Waals surface area (Å²) in [7, 11) is 0. The molecule has 0 saturated heterocycles. The van der Waals surface area contributed by atoms with E-state index in [1.165, 1.54) is 18.2 Å². The van der Waals surface area contributed by atoms with Crippen molar-refractivity contribution >= 4 is 16.9 Å². The molecule has 0 bridgehead atoms. The Hall–Kier alpha value is -3.02. The van der Waals surface area contributed by atoms with Gasteiger partial charge in [0.25, 0.3) is 0 Å². The fourth-order valence-electron chi connectivity index (χ4n) is 1.94. The van der Waals surface area contributed by atoms with Gasteiger partial charge in [-0.25, -0.2) is 18.4 Å². The van der Waals surface area contributed by atoms with E-state index in [1.54, 1.807) is 12.1 Å². The Balaban J connectivity index is 1.91. The lowest BCUT2D eigenvalue weighted by Crippen LogP contribution is -2.09. The summed E-state index contributed by atoms with van der Waals surface area (Å²) in [4.78, 5) is 23.0. The molecule has 0 aliphatic rings. The van der Waals surface area contributed by atoms with E-state index in [2.05, 4.69) is 0 Å². The molecule has 110 valence electrons. The minimum Gasteiger partial charge on any atom is -0.423 e. The highest BCUT2D eigenvalue weighted by atomic mass is 19.1. The number of halogens is 2. The molecule has 1 aromatic heterocycles. The van der Waals surface area contributed by atoms with Crippen LogP contribution in [0.25, 0.3) is 11.0 Å². The summed E-state index contributed by atoms with van der Waals surface area (Å²) < 4.78 is 36.1. The molecule has 0 aliphatic heterocycles. The van der Waals surface area contributed by atoms with Gasteiger partial charge in [0.15, 0.2) is 0 Å². The summed E-state index contributed by atoms with van der Waals surface area (Å²) in [5.41, 5.74) is -0.557. The van der Waals surface area contributed by atoms with Gasteiger partial charge in [0.05, 0.1) is 5.56 Å². The number of carbonyl (C=O) groups is 1. The molecular formula is C16H8F2O4. The van der Waals surface area contributed by atoms with Gasteiger partial charge in [0, 0.05) is 23.6 Å². The molecule has 0 fully saturated rings. The van der Waals surface area contributed by atoms with Crippen molar-refractivity contribution in [3.63, 3.8) is 0 Å². The van der Waals surface area contributed by atoms with Gasteiger partial charge in [-0.2, -0.15) is 0 Å². The molecular weight excluding hydrogens is 294 g/mol. The molecule has 22 heavy (non-hydrogen) atoms. The topological polar surface area (TPSA) is 56.5 Å². The van der Waals surface area contributed by atoms with Crippen molar-refractivity contribution in [1.29, 1.82) is 0 Å². The molecule has 0 saturated carbocycles. The number of esters is 1. The van der Waals surface area contributed by atoms with Crippen molar-refractivity contribution in [2.24, 2.45) is 0 Å². The Bertz CT molecular complexity index is 911. The smallest absolute Gasteiger partial charge is 0.343 e. The standard InChI is InChI=1S/C16H8F2O4/c17-11-5-10(6-12(18)7-11)16(20)21-13-3-1-9-2-4-15(19)22-14(9)8-13/h1-8H. The number of rotatable bonds is 2. The first-order valence-corrected chi connectivity index (χ1v) is 6.23. The maximum Gasteiger partial charge on any atom is 0.343 e. The van der Waals surface area contributed by atoms with Crippen LogP contribution in [0.3, 0.4) is 0 Å². The normalized spacial score (nSPS) is 10.6. The first-order chi connectivity index (χ1) is 10.5. The fourth-order valence-corrected chi connectivity index (χ4v) is 1.94. The van der Waals surface area contributed by atoms with Crippen LogP contribution in [0.2, 0.25) is 0 Å². The second kappa shape index (κ2) is 5.40. The lowest BCUT2D eigenvalue weighted by molar-refractivity contribution is 0.0734. The van der Waals surface area contributed by atoms with Crippen molar-refractivity contribution in [1.82, 2.24) is 0 Å². The highest BCUT2D eigenvalue weighted by molar-refractivity contribution is 5.91. The summed E-state index contributed by atoms with van der Waals surface area (Å²) in [5.74, 6) is -2.58. The first kappa shape index (κ1) is 13.9. The molecule has 0 unspecified atom stereocenters. The van der Waals surface area contributed by atoms with Crippen LogP contribution in [0.15, 0.2) is 57.7 Å². The summed E-state index contributed by atoms with van der Waals surface area (Å²) >= 11 is 0. The molecule has 0 N–H and O–H groups in total. The van der Waals surface area contributed by atoms with Gasteiger partial charge < -0.3 is 9.15 Å². The van der Waals surface area contributed by atoms with Crippen molar-refractivity contribution in [2.75, 3.05) is 0 Å². The van der Waals surface area contributed by atoms with Crippen molar-refractivity contribution in [3.8, 4) is 5.75 Å². The maximum absolute atomic E-state index is 13.1. The molecule has 4 nitrogen and oxygen atoms in total. The second-order valence-electron chi connectivity index (χ2n) is 4.50. The van der Waals surface area contributed by atoms with E-state index in [1.807, 2.05) is 0 Å². The molecule has 3 rings (SSSR count). The molecule has 0 aliphatic carbocycles. The van der Waals surface area contributed by atoms with Crippen LogP contribution in [0.1, 0.15) is 10.4 Å². The van der Waals surface area contributed by atoms with E-state index >= 15 is 0 Å². The predicted molar refractivity (Wildman–Crippen MR) is 73.8 cm³/mol. The number of hydrogen-bond donors (Lipinski definition) is 0. The minimum atomic E-state index is -0.920. The van der Waals surface area contributed by atoms with Crippen molar-refractivity contribution < 1.29 is 22.7 Å². The molecule has 2 aromatic carbocycles. The second-order valence-corrected chi connectivity index (χ2v) is 4.50. The van der Waals surface area contributed by atoms with E-state index in [4.69, 9.17) is 9.15 Å². The predicted octanol–water partition coefficient (Wildman–Crippen LogP) is 3.29. The van der Waals surface area contributed by atoms with Crippen LogP contribution in [0.5, 0.6) is 5.75 Å². The van der Waals surface area contributed by atoms with Gasteiger partial charge in [-0.15, -0.1) is 0 Å². The van der Waals surface area contributed by atoms with E-state index in [-0.39, 0.29) is 16.9 Å². The first-order valence-electron chi connectivity index (χ1n) is 6.23. The zero-order valence-corrected chi connectivity index (χ0v) is 11.0. The average molecular weight is 302 g/mol. The van der Waals surface area contributed by atoms with Gasteiger partial charge in [-0.05, 0) is 30.3 Å². The lowest BCUT2D eigenvalue weighted by Gasteiger charge is -2.05. The Morgan fingerprint density at radius 2 is 1.64 bits per heavy atom. The molecule has 0 atom stereocenters. The highest BCUT2D eigenvalue weighted by Gasteiger charge is 2.12. The zero-order chi connectivity index (χ0) is 15.7. The van der Waals surface area contributed by atoms with E-state index < -0.39 is 23.2 Å². The van der Waals surface area contributed by atoms with Gasteiger partial charge in [0.2, 0.25) is 0 Å². The molecule has 3 aromatic rings. The zero-order valence-electron chi connectivity index (χ0n) is 11.0. The molecule has 6 heteroatoms. The van der Waals surface area contributed by atoms with Gasteiger partial charge in [-0.1, -0.05) is 0 Å². The third kappa shape index (κ3) is 2.85. The quantitative estimate of drug-likeness (QED) is 0.414. The maximum atomic E-state index is 13.1. The van der Waals surface area contributed by atoms with Gasteiger partial charge in [-0.3, -0.25) is 0 Å². The Labute approximate surface area is 122 Å². The molecule has 0 radical (unpaired) electrons. The Morgan fingerprint density at radius 3 is 2.36 bits per heavy atom. The SMILES string of the molecule is O=C(Oc1ccc2ccc(=O)oc2c1)c1cc(F)cc(F)c1. The molecule has 0 spiro atoms. The number of benzene rings is 2. The molecule has 1 heterocycles. The lowest BCUT2D eigenvalue weighted by atomic mass is 10.2. The van der Waals surface area contributed by atoms with E-state index in [0.717, 1.165) is 12.1 Å². The van der Waals surface area contributed by atoms with Crippen LogP contribution >= 0.6 is 0 Å². The fraction of sp³-hybridized carbons (Fsp3) is 0. The summed E-state index contributed by atoms with van der Waals surface area (Å²) in [6, 6.07) is 9.64. The van der Waals surface area contributed by atoms with Crippen LogP contribution in [-0.2, 0) is 0 Å². The monoisotopic (exact) mass is 302 g/mol. The summed E-state index contributed by atoms with van der Waals surface area (Å²) in [6.45, 7) is 0. The number of fused-ring (bicyclic) bond motifs is 1. The van der Waals surface area contributed by atoms with Crippen molar-refractivity contribution in [3.05, 3.63) is 76.1 Å². The average Bonchev–Trinajstić information content (AvgIpc) is 2.45. The summed E-state index contributed by atoms with van der Waals surface area (Å²) in [6.07, 6.45) is 0. The van der Waals surface area contributed by atoms with Crippen molar-refractivity contribution in [2.45, 2.75) is 0 Å². The van der Waals surface area contributed by atoms with Crippen LogP contribution in [-0.4, -0.2) is 5.97 Å². The van der Waals surface area contributed by atoms with Crippen LogP contribution in [0.4, 0.5) is 8.78 Å². The van der Waals surface area contributed by atoms with Gasteiger partial charge >= 0.3 is 11.6 Å². The summed E-state index contributed by atoms with van der Waals surface area (Å²) in [5, 5.41) is 0.649. The Kier molecular flexibility index (Phi) is 3.42. The number of carbonyl (C=O) groups excluding carboxylic acids is 1. The van der Waals surface area contributed by atoms with E-state index in [9.17, 15) is 18.4 Å². The van der Waals surface area contributed by atoms with Crippen LogP contribution < -0.4 is 10.4 Å². The number of hydrogen-bond acceptors (Lipinski definition) is 4. The van der Waals surface area contributed by atoms with Gasteiger partial charge in [0.1, 0.15) is 23.0 Å². The third-order valence-corrected chi connectivity index (χ3v) is 2.90. The van der Waals surface area contributed by atoms with E-state index in [0.29, 0.717) is 11.5 Å². The minimum absolute atomic E-state index is 0.0940. The van der Waals surface area contributed by atoms with Crippen LogP contribution in [0, 0.1) is 11.6 Å². The highest BCUT2D eigenvalue weighted by Crippen LogP contribution is 2.20. The molecule has 0 amide bonds.